The predicted molar refractivity (Wildman–Crippen MR) is 124 cm³/mol. The van der Waals surface area contributed by atoms with Crippen LogP contribution in [0.25, 0.3) is 39.1 Å². The number of H-pyrrole nitrogens is 1. The van der Waals surface area contributed by atoms with Crippen molar-refractivity contribution < 1.29 is 5.11 Å². The molecule has 0 aliphatic rings. The van der Waals surface area contributed by atoms with E-state index in [0.29, 0.717) is 5.52 Å². The van der Waals surface area contributed by atoms with Crippen molar-refractivity contribution >= 4 is 10.9 Å². The van der Waals surface area contributed by atoms with Gasteiger partial charge in [-0.1, -0.05) is 69.3 Å². The van der Waals surface area contributed by atoms with Gasteiger partial charge >= 0.3 is 0 Å². The Labute approximate surface area is 181 Å². The Balaban J connectivity index is 1.76. The van der Waals surface area contributed by atoms with Gasteiger partial charge in [-0.05, 0) is 29.8 Å². The third-order valence-corrected chi connectivity index (χ3v) is 5.51. The fourth-order valence-electron chi connectivity index (χ4n) is 4.04. The molecule has 0 spiro atoms. The molecular formula is C26H24N4O. The van der Waals surface area contributed by atoms with Gasteiger partial charge in [0.15, 0.2) is 0 Å². The minimum atomic E-state index is -0.177. The van der Waals surface area contributed by atoms with Crippen LogP contribution in [-0.4, -0.2) is 24.9 Å². The van der Waals surface area contributed by atoms with E-state index >= 15 is 0 Å². The Morgan fingerprint density at radius 1 is 0.839 bits per heavy atom. The first kappa shape index (κ1) is 19.1. The van der Waals surface area contributed by atoms with Crippen LogP contribution in [0.5, 0.6) is 5.88 Å². The second kappa shape index (κ2) is 7.13. The molecule has 0 radical (unpaired) electrons. The van der Waals surface area contributed by atoms with Crippen molar-refractivity contribution in [2.24, 2.45) is 0 Å². The van der Waals surface area contributed by atoms with Crippen molar-refractivity contribution in [3.63, 3.8) is 0 Å². The van der Waals surface area contributed by atoms with Crippen molar-refractivity contribution in [2.45, 2.75) is 26.2 Å². The second-order valence-corrected chi connectivity index (χ2v) is 8.71. The van der Waals surface area contributed by atoms with Gasteiger partial charge in [-0.3, -0.25) is 14.6 Å². The van der Waals surface area contributed by atoms with Crippen LogP contribution in [0.1, 0.15) is 26.5 Å². The number of aromatic hydroxyl groups is 1. The normalized spacial score (nSPS) is 11.8. The fraction of sp³-hybridized carbons (Fsp3) is 0.154. The number of benzene rings is 2. The predicted octanol–water partition coefficient (Wildman–Crippen LogP) is 6.09. The summed E-state index contributed by atoms with van der Waals surface area (Å²) in [4.78, 5) is 4.43. The molecule has 154 valence electrons. The number of fused-ring (bicyclic) bond motifs is 1. The lowest BCUT2D eigenvalue weighted by molar-refractivity contribution is 0.447. The number of aromatic nitrogens is 4. The summed E-state index contributed by atoms with van der Waals surface area (Å²) in [6.45, 7) is 6.40. The van der Waals surface area contributed by atoms with E-state index in [0.717, 1.165) is 39.3 Å². The standard InChI is InChI=1S/C26H24N4O/c1-26(2,3)24-21-22(28-29-24)25(31)30(23(21)18-9-5-4-6-10-18)19-14-12-17(13-15-19)20-11-7-8-16-27-20/h4-16,28,31H,1-3H3. The molecule has 0 bridgehead atoms. The maximum atomic E-state index is 11.2. The van der Waals surface area contributed by atoms with E-state index in [4.69, 9.17) is 0 Å². The van der Waals surface area contributed by atoms with Gasteiger partial charge in [-0.15, -0.1) is 0 Å². The number of pyridine rings is 1. The summed E-state index contributed by atoms with van der Waals surface area (Å²) in [5.74, 6) is 0.155. The molecule has 2 aromatic carbocycles. The molecule has 3 heterocycles. The Morgan fingerprint density at radius 2 is 1.55 bits per heavy atom. The van der Waals surface area contributed by atoms with Crippen molar-refractivity contribution in [3.05, 3.63) is 84.7 Å². The largest absolute Gasteiger partial charge is 0.493 e. The van der Waals surface area contributed by atoms with Crippen LogP contribution >= 0.6 is 0 Å². The monoisotopic (exact) mass is 408 g/mol. The van der Waals surface area contributed by atoms with Gasteiger partial charge in [0, 0.05) is 22.9 Å². The molecular weight excluding hydrogens is 384 g/mol. The number of nitrogens with one attached hydrogen (secondary N) is 1. The Morgan fingerprint density at radius 3 is 2.19 bits per heavy atom. The van der Waals surface area contributed by atoms with Gasteiger partial charge in [0.2, 0.25) is 5.88 Å². The molecule has 0 fully saturated rings. The topological polar surface area (TPSA) is 66.7 Å². The summed E-state index contributed by atoms with van der Waals surface area (Å²) in [5, 5.41) is 19.8. The van der Waals surface area contributed by atoms with E-state index in [1.54, 1.807) is 6.20 Å². The van der Waals surface area contributed by atoms with Crippen LogP contribution in [0.2, 0.25) is 0 Å². The van der Waals surface area contributed by atoms with Gasteiger partial charge in [0.05, 0.1) is 22.5 Å². The van der Waals surface area contributed by atoms with Crippen LogP contribution in [0.15, 0.2) is 79.0 Å². The van der Waals surface area contributed by atoms with E-state index in [1.807, 2.05) is 65.2 Å². The number of rotatable bonds is 3. The quantitative estimate of drug-likeness (QED) is 0.380. The molecule has 0 aliphatic carbocycles. The smallest absolute Gasteiger partial charge is 0.222 e. The summed E-state index contributed by atoms with van der Waals surface area (Å²) < 4.78 is 1.90. The molecule has 0 unspecified atom stereocenters. The highest BCUT2D eigenvalue weighted by atomic mass is 16.3. The van der Waals surface area contributed by atoms with Crippen molar-refractivity contribution in [1.29, 1.82) is 0 Å². The van der Waals surface area contributed by atoms with Gasteiger partial charge in [0.1, 0.15) is 5.52 Å². The zero-order valence-electron chi connectivity index (χ0n) is 17.8. The minimum Gasteiger partial charge on any atom is -0.493 e. The van der Waals surface area contributed by atoms with Crippen LogP contribution < -0.4 is 0 Å². The Bertz CT molecular complexity index is 1340. The molecule has 5 rings (SSSR count). The van der Waals surface area contributed by atoms with Crippen LogP contribution in [0.4, 0.5) is 0 Å². The highest BCUT2D eigenvalue weighted by Crippen LogP contribution is 2.43. The van der Waals surface area contributed by atoms with Crippen LogP contribution in [0, 0.1) is 0 Å². The van der Waals surface area contributed by atoms with Crippen LogP contribution in [-0.2, 0) is 5.41 Å². The van der Waals surface area contributed by atoms with Crippen molar-refractivity contribution in [1.82, 2.24) is 19.7 Å². The number of hydrogen-bond donors (Lipinski definition) is 2. The first-order valence-corrected chi connectivity index (χ1v) is 10.3. The first-order valence-electron chi connectivity index (χ1n) is 10.3. The van der Waals surface area contributed by atoms with Crippen molar-refractivity contribution in [2.75, 3.05) is 0 Å². The third-order valence-electron chi connectivity index (χ3n) is 5.51. The number of aromatic amines is 1. The first-order chi connectivity index (χ1) is 14.9. The lowest BCUT2D eigenvalue weighted by atomic mass is 9.89. The fourth-order valence-corrected chi connectivity index (χ4v) is 4.04. The molecule has 0 aliphatic heterocycles. The molecule has 5 heteroatoms. The zero-order valence-corrected chi connectivity index (χ0v) is 17.8. The van der Waals surface area contributed by atoms with Gasteiger partial charge in [-0.2, -0.15) is 5.10 Å². The number of nitrogens with zero attached hydrogens (tertiary/aromatic N) is 3. The number of hydrogen-bond acceptors (Lipinski definition) is 3. The molecule has 3 aromatic heterocycles. The van der Waals surface area contributed by atoms with Gasteiger partial charge < -0.3 is 5.11 Å². The molecule has 0 saturated heterocycles. The van der Waals surface area contributed by atoms with Gasteiger partial charge in [0.25, 0.3) is 0 Å². The van der Waals surface area contributed by atoms with E-state index in [9.17, 15) is 5.11 Å². The third kappa shape index (κ3) is 3.19. The SMILES string of the molecule is CC(C)(C)c1n[nH]c2c(O)n(-c3ccc(-c4ccccn4)cc3)c(-c3ccccc3)c12. The molecule has 0 amide bonds. The molecule has 0 atom stereocenters. The maximum absolute atomic E-state index is 11.2. The van der Waals surface area contributed by atoms with Crippen molar-refractivity contribution in [3.8, 4) is 34.1 Å². The molecule has 31 heavy (non-hydrogen) atoms. The molecule has 0 saturated carbocycles. The second-order valence-electron chi connectivity index (χ2n) is 8.71. The Kier molecular flexibility index (Phi) is 4.40. The molecule has 5 nitrogen and oxygen atoms in total. The van der Waals surface area contributed by atoms with E-state index in [2.05, 4.69) is 48.1 Å². The summed E-state index contributed by atoms with van der Waals surface area (Å²) in [6, 6.07) is 24.1. The van der Waals surface area contributed by atoms with Crippen LogP contribution in [0.3, 0.4) is 0 Å². The average Bonchev–Trinajstić information content (AvgIpc) is 3.34. The van der Waals surface area contributed by atoms with Gasteiger partial charge in [-0.25, -0.2) is 0 Å². The molecule has 2 N–H and O–H groups in total. The molecule has 5 aromatic rings. The maximum Gasteiger partial charge on any atom is 0.222 e. The summed E-state index contributed by atoms with van der Waals surface area (Å²) >= 11 is 0. The summed E-state index contributed by atoms with van der Waals surface area (Å²) in [6.07, 6.45) is 1.79. The average molecular weight is 409 g/mol. The minimum absolute atomic E-state index is 0.155. The van der Waals surface area contributed by atoms with E-state index in [-0.39, 0.29) is 11.3 Å². The summed E-state index contributed by atoms with van der Waals surface area (Å²) in [7, 11) is 0. The van der Waals surface area contributed by atoms with E-state index in [1.165, 1.54) is 0 Å². The lowest BCUT2D eigenvalue weighted by Crippen LogP contribution is -2.12. The Hall–Kier alpha value is -3.86. The van der Waals surface area contributed by atoms with E-state index < -0.39 is 0 Å². The highest BCUT2D eigenvalue weighted by Gasteiger charge is 2.29. The highest BCUT2D eigenvalue weighted by molar-refractivity contribution is 6.01. The zero-order chi connectivity index (χ0) is 21.6. The lowest BCUT2D eigenvalue weighted by Gasteiger charge is -2.17. The summed E-state index contributed by atoms with van der Waals surface area (Å²) in [5.41, 5.74) is 6.17.